The lowest BCUT2D eigenvalue weighted by molar-refractivity contribution is 0.0518. The van der Waals surface area contributed by atoms with Crippen molar-refractivity contribution in [3.63, 3.8) is 0 Å². The monoisotopic (exact) mass is 210 g/mol. The van der Waals surface area contributed by atoms with E-state index < -0.39 is 0 Å². The number of nitrogens with zero attached hydrogens (tertiary/aromatic N) is 2. The van der Waals surface area contributed by atoms with Crippen LogP contribution in [0.4, 0.5) is 0 Å². The van der Waals surface area contributed by atoms with Crippen molar-refractivity contribution in [3.8, 4) is 0 Å². The summed E-state index contributed by atoms with van der Waals surface area (Å²) in [4.78, 5) is 11.5. The standard InChI is InChI=1S/C11H18N2O2/c1-5-9-7-10(11(14)15-6-2)12-13(9)8(3)4/h7-8H,5-6H2,1-4H3. The summed E-state index contributed by atoms with van der Waals surface area (Å²) in [5.74, 6) is -0.341. The average Bonchev–Trinajstić information content (AvgIpc) is 2.61. The molecule has 0 atom stereocenters. The summed E-state index contributed by atoms with van der Waals surface area (Å²) in [6, 6.07) is 2.07. The number of carbonyl (C=O) groups excluding carboxylic acids is 1. The van der Waals surface area contributed by atoms with Gasteiger partial charge in [0.2, 0.25) is 0 Å². The predicted molar refractivity (Wildman–Crippen MR) is 57.9 cm³/mol. The fourth-order valence-electron chi connectivity index (χ4n) is 1.45. The molecule has 0 aliphatic rings. The largest absolute Gasteiger partial charge is 0.461 e. The summed E-state index contributed by atoms with van der Waals surface area (Å²) >= 11 is 0. The third-order valence-corrected chi connectivity index (χ3v) is 2.15. The summed E-state index contributed by atoms with van der Waals surface area (Å²) < 4.78 is 6.77. The Kier molecular flexibility index (Phi) is 3.88. The highest BCUT2D eigenvalue weighted by Crippen LogP contribution is 2.12. The molecule has 0 saturated carbocycles. The molecule has 0 saturated heterocycles. The van der Waals surface area contributed by atoms with Gasteiger partial charge in [-0.05, 0) is 33.3 Å². The minimum absolute atomic E-state index is 0.267. The summed E-state index contributed by atoms with van der Waals surface area (Å²) in [5.41, 5.74) is 1.47. The van der Waals surface area contributed by atoms with Gasteiger partial charge < -0.3 is 4.74 Å². The second kappa shape index (κ2) is 4.96. The van der Waals surface area contributed by atoms with Crippen LogP contribution in [-0.4, -0.2) is 22.4 Å². The van der Waals surface area contributed by atoms with Crippen LogP contribution < -0.4 is 0 Å². The first-order valence-corrected chi connectivity index (χ1v) is 5.35. The molecule has 84 valence electrons. The van der Waals surface area contributed by atoms with Crippen molar-refractivity contribution in [3.05, 3.63) is 17.5 Å². The summed E-state index contributed by atoms with van der Waals surface area (Å²) in [7, 11) is 0. The van der Waals surface area contributed by atoms with Crippen molar-refractivity contribution in [2.75, 3.05) is 6.61 Å². The molecule has 4 heteroatoms. The summed E-state index contributed by atoms with van der Waals surface area (Å²) in [6.45, 7) is 8.31. The molecule has 1 aromatic heterocycles. The molecule has 15 heavy (non-hydrogen) atoms. The summed E-state index contributed by atoms with van der Waals surface area (Å²) in [5, 5.41) is 4.24. The van der Waals surface area contributed by atoms with E-state index in [0.29, 0.717) is 12.3 Å². The Bertz CT molecular complexity index is 342. The molecule has 0 aliphatic carbocycles. The zero-order valence-electron chi connectivity index (χ0n) is 9.78. The van der Waals surface area contributed by atoms with Crippen LogP contribution in [0.3, 0.4) is 0 Å². The van der Waals surface area contributed by atoms with Gasteiger partial charge in [0.15, 0.2) is 5.69 Å². The fourth-order valence-corrected chi connectivity index (χ4v) is 1.45. The van der Waals surface area contributed by atoms with Crippen LogP contribution in [0.2, 0.25) is 0 Å². The lowest BCUT2D eigenvalue weighted by Gasteiger charge is -2.08. The van der Waals surface area contributed by atoms with Crippen molar-refractivity contribution in [1.82, 2.24) is 9.78 Å². The van der Waals surface area contributed by atoms with Crippen LogP contribution in [0.5, 0.6) is 0 Å². The topological polar surface area (TPSA) is 44.1 Å². The second-order valence-corrected chi connectivity index (χ2v) is 3.63. The van der Waals surface area contributed by atoms with Gasteiger partial charge in [-0.1, -0.05) is 6.92 Å². The first-order valence-electron chi connectivity index (χ1n) is 5.35. The van der Waals surface area contributed by atoms with E-state index in [4.69, 9.17) is 4.74 Å². The Morgan fingerprint density at radius 2 is 2.20 bits per heavy atom. The predicted octanol–water partition coefficient (Wildman–Crippen LogP) is 2.20. The third-order valence-electron chi connectivity index (χ3n) is 2.15. The van der Waals surface area contributed by atoms with Gasteiger partial charge in [-0.2, -0.15) is 5.10 Å². The Morgan fingerprint density at radius 3 is 2.60 bits per heavy atom. The van der Waals surface area contributed by atoms with Gasteiger partial charge in [-0.25, -0.2) is 4.79 Å². The van der Waals surface area contributed by atoms with E-state index in [0.717, 1.165) is 12.1 Å². The highest BCUT2D eigenvalue weighted by atomic mass is 16.5. The summed E-state index contributed by atoms with van der Waals surface area (Å²) in [6.07, 6.45) is 0.866. The van der Waals surface area contributed by atoms with E-state index in [9.17, 15) is 4.79 Å². The molecule has 0 aromatic carbocycles. The van der Waals surface area contributed by atoms with Gasteiger partial charge in [0.1, 0.15) is 0 Å². The molecule has 0 N–H and O–H groups in total. The number of rotatable bonds is 4. The molecular weight excluding hydrogens is 192 g/mol. The number of aromatic nitrogens is 2. The number of hydrogen-bond acceptors (Lipinski definition) is 3. The Hall–Kier alpha value is -1.32. The molecule has 4 nitrogen and oxygen atoms in total. The maximum atomic E-state index is 11.5. The van der Waals surface area contributed by atoms with Gasteiger partial charge in [-0.15, -0.1) is 0 Å². The van der Waals surface area contributed by atoms with E-state index >= 15 is 0 Å². The molecule has 1 heterocycles. The van der Waals surface area contributed by atoms with Gasteiger partial charge in [-0.3, -0.25) is 4.68 Å². The van der Waals surface area contributed by atoms with Crippen LogP contribution in [0.1, 0.15) is 49.9 Å². The first kappa shape index (κ1) is 11.8. The van der Waals surface area contributed by atoms with Gasteiger partial charge in [0.05, 0.1) is 6.61 Å². The lowest BCUT2D eigenvalue weighted by Crippen LogP contribution is -2.09. The highest BCUT2D eigenvalue weighted by molar-refractivity contribution is 5.87. The maximum Gasteiger partial charge on any atom is 0.358 e. The molecule has 1 aromatic rings. The van der Waals surface area contributed by atoms with E-state index in [1.165, 1.54) is 0 Å². The first-order chi connectivity index (χ1) is 7.10. The molecular formula is C11H18N2O2. The van der Waals surface area contributed by atoms with E-state index in [1.807, 2.05) is 25.5 Å². The van der Waals surface area contributed by atoms with Crippen LogP contribution in [-0.2, 0) is 11.2 Å². The van der Waals surface area contributed by atoms with Gasteiger partial charge in [0, 0.05) is 11.7 Å². The fraction of sp³-hybridized carbons (Fsp3) is 0.636. The molecule has 0 unspecified atom stereocenters. The Morgan fingerprint density at radius 1 is 1.53 bits per heavy atom. The third kappa shape index (κ3) is 2.58. The normalized spacial score (nSPS) is 10.7. The van der Waals surface area contributed by atoms with Gasteiger partial charge >= 0.3 is 5.97 Å². The maximum absolute atomic E-state index is 11.5. The second-order valence-electron chi connectivity index (χ2n) is 3.63. The molecule has 0 spiro atoms. The van der Waals surface area contributed by atoms with Crippen molar-refractivity contribution in [2.45, 2.75) is 40.2 Å². The van der Waals surface area contributed by atoms with Crippen LogP contribution >= 0.6 is 0 Å². The van der Waals surface area contributed by atoms with Crippen molar-refractivity contribution < 1.29 is 9.53 Å². The minimum atomic E-state index is -0.341. The lowest BCUT2D eigenvalue weighted by atomic mass is 10.3. The van der Waals surface area contributed by atoms with E-state index in [-0.39, 0.29) is 12.0 Å². The smallest absolute Gasteiger partial charge is 0.358 e. The SMILES string of the molecule is CCOC(=O)c1cc(CC)n(C(C)C)n1. The molecule has 0 fully saturated rings. The quantitative estimate of drug-likeness (QED) is 0.715. The van der Waals surface area contributed by atoms with E-state index in [2.05, 4.69) is 5.10 Å². The van der Waals surface area contributed by atoms with Crippen LogP contribution in [0, 0.1) is 0 Å². The average molecular weight is 210 g/mol. The van der Waals surface area contributed by atoms with Crippen molar-refractivity contribution in [1.29, 1.82) is 0 Å². The minimum Gasteiger partial charge on any atom is -0.461 e. The molecule has 1 rings (SSSR count). The molecule has 0 radical (unpaired) electrons. The molecule has 0 amide bonds. The molecule has 0 aliphatic heterocycles. The van der Waals surface area contributed by atoms with Gasteiger partial charge in [0.25, 0.3) is 0 Å². The number of carbonyl (C=O) groups is 1. The number of hydrogen-bond donors (Lipinski definition) is 0. The number of esters is 1. The highest BCUT2D eigenvalue weighted by Gasteiger charge is 2.15. The van der Waals surface area contributed by atoms with E-state index in [1.54, 1.807) is 13.0 Å². The molecule has 0 bridgehead atoms. The van der Waals surface area contributed by atoms with Crippen molar-refractivity contribution in [2.24, 2.45) is 0 Å². The Balaban J connectivity index is 2.97. The number of ether oxygens (including phenoxy) is 1. The number of aryl methyl sites for hydroxylation is 1. The zero-order chi connectivity index (χ0) is 11.4. The van der Waals surface area contributed by atoms with Crippen LogP contribution in [0.25, 0.3) is 0 Å². The zero-order valence-corrected chi connectivity index (χ0v) is 9.78. The van der Waals surface area contributed by atoms with Crippen LogP contribution in [0.15, 0.2) is 6.07 Å². The Labute approximate surface area is 90.2 Å². The van der Waals surface area contributed by atoms with Crippen molar-refractivity contribution >= 4 is 5.97 Å².